The van der Waals surface area contributed by atoms with Crippen LogP contribution < -0.4 is 5.73 Å². The fourth-order valence-corrected chi connectivity index (χ4v) is 3.52. The van der Waals surface area contributed by atoms with E-state index in [1.807, 2.05) is 31.2 Å². The summed E-state index contributed by atoms with van der Waals surface area (Å²) >= 11 is 0. The van der Waals surface area contributed by atoms with Crippen LogP contribution in [-0.2, 0) is 11.2 Å². The number of carbonyl (C=O) groups is 2. The average molecular weight is 394 g/mol. The summed E-state index contributed by atoms with van der Waals surface area (Å²) in [6.45, 7) is 3.14. The summed E-state index contributed by atoms with van der Waals surface area (Å²) in [5, 5.41) is 4.60. The molecular formula is C21H22N4O4. The van der Waals surface area contributed by atoms with E-state index < -0.39 is 12.0 Å². The van der Waals surface area contributed by atoms with E-state index in [0.29, 0.717) is 53.3 Å². The van der Waals surface area contributed by atoms with Gasteiger partial charge in [-0.25, -0.2) is 4.98 Å². The maximum atomic E-state index is 12.8. The number of aryl methyl sites for hydroxylation is 1. The van der Waals surface area contributed by atoms with Crippen LogP contribution in [0.4, 0.5) is 0 Å². The van der Waals surface area contributed by atoms with Crippen molar-refractivity contribution < 1.29 is 18.8 Å². The Morgan fingerprint density at radius 3 is 2.90 bits per heavy atom. The van der Waals surface area contributed by atoms with Crippen molar-refractivity contribution in [2.45, 2.75) is 25.9 Å². The predicted octanol–water partition coefficient (Wildman–Crippen LogP) is 2.49. The molecule has 0 unspecified atom stereocenters. The van der Waals surface area contributed by atoms with Crippen molar-refractivity contribution in [3.05, 3.63) is 59.1 Å². The molecule has 8 nitrogen and oxygen atoms in total. The number of nitrogens with two attached hydrogens (primary N) is 1. The zero-order valence-electron chi connectivity index (χ0n) is 16.1. The normalized spacial score (nSPS) is 16.9. The molecule has 2 N–H and O–H groups in total. The Balaban J connectivity index is 1.59. The van der Waals surface area contributed by atoms with E-state index in [9.17, 15) is 9.59 Å². The third-order valence-corrected chi connectivity index (χ3v) is 4.96. The monoisotopic (exact) mass is 394 g/mol. The number of nitrogens with zero attached hydrogens (tertiary/aromatic N) is 3. The first-order valence-corrected chi connectivity index (χ1v) is 9.62. The fraction of sp³-hybridized carbons (Fsp3) is 0.333. The van der Waals surface area contributed by atoms with Gasteiger partial charge in [0, 0.05) is 24.4 Å². The molecule has 1 aromatic carbocycles. The van der Waals surface area contributed by atoms with Crippen LogP contribution in [0.15, 0.2) is 40.9 Å². The number of rotatable bonds is 5. The Morgan fingerprint density at radius 1 is 1.28 bits per heavy atom. The summed E-state index contributed by atoms with van der Waals surface area (Å²) < 4.78 is 11.1. The molecule has 1 aliphatic heterocycles. The Hall–Kier alpha value is -3.26. The molecule has 0 bridgehead atoms. The van der Waals surface area contributed by atoms with Gasteiger partial charge in [-0.1, -0.05) is 30.3 Å². The van der Waals surface area contributed by atoms with Crippen molar-refractivity contribution in [3.63, 3.8) is 0 Å². The Morgan fingerprint density at radius 2 is 2.10 bits per heavy atom. The number of hydrogen-bond donors (Lipinski definition) is 1. The van der Waals surface area contributed by atoms with E-state index in [4.69, 9.17) is 15.0 Å². The van der Waals surface area contributed by atoms with Crippen LogP contribution in [0.5, 0.6) is 0 Å². The van der Waals surface area contributed by atoms with Gasteiger partial charge in [0.15, 0.2) is 5.69 Å². The van der Waals surface area contributed by atoms with Gasteiger partial charge in [-0.2, -0.15) is 0 Å². The van der Waals surface area contributed by atoms with Gasteiger partial charge < -0.3 is 19.9 Å². The van der Waals surface area contributed by atoms with Gasteiger partial charge in [0.1, 0.15) is 11.9 Å². The van der Waals surface area contributed by atoms with Crippen LogP contribution in [0.1, 0.15) is 51.7 Å². The smallest absolute Gasteiger partial charge is 0.276 e. The molecule has 29 heavy (non-hydrogen) atoms. The number of primary amides is 1. The molecule has 0 aliphatic carbocycles. The molecule has 2 amide bonds. The zero-order chi connectivity index (χ0) is 20.4. The third kappa shape index (κ3) is 3.84. The maximum absolute atomic E-state index is 12.8. The van der Waals surface area contributed by atoms with E-state index in [0.717, 1.165) is 12.8 Å². The molecule has 1 atom stereocenters. The quantitative estimate of drug-likeness (QED) is 0.712. The molecule has 4 rings (SSSR count). The lowest BCUT2D eigenvalue weighted by molar-refractivity contribution is -0.0249. The Bertz CT molecular complexity index is 1060. The van der Waals surface area contributed by atoms with Gasteiger partial charge in [-0.15, -0.1) is 0 Å². The number of morpholine rings is 1. The lowest BCUT2D eigenvalue weighted by Crippen LogP contribution is -2.42. The van der Waals surface area contributed by atoms with Crippen LogP contribution in [0.25, 0.3) is 10.9 Å². The molecule has 0 radical (unpaired) electrons. The summed E-state index contributed by atoms with van der Waals surface area (Å²) in [6.07, 6.45) is 1.19. The SMILES string of the molecule is CCCc1cc(C(=O)N2CCO[C@H](c3cc(C(N)=O)c4ccccc4n3)C2)no1. The van der Waals surface area contributed by atoms with Crippen molar-refractivity contribution in [1.29, 1.82) is 0 Å². The number of pyridine rings is 1. The van der Waals surface area contributed by atoms with Gasteiger partial charge in [0.05, 0.1) is 29.9 Å². The molecule has 150 valence electrons. The second-order valence-corrected chi connectivity index (χ2v) is 7.02. The van der Waals surface area contributed by atoms with Gasteiger partial charge in [-0.05, 0) is 18.6 Å². The predicted molar refractivity (Wildman–Crippen MR) is 105 cm³/mol. The van der Waals surface area contributed by atoms with Gasteiger partial charge in [-0.3, -0.25) is 9.59 Å². The molecule has 0 spiro atoms. The number of amides is 2. The number of hydrogen-bond acceptors (Lipinski definition) is 6. The maximum Gasteiger partial charge on any atom is 0.276 e. The standard InChI is InChI=1S/C21H22N4O4/c1-2-5-13-10-18(24-29-13)21(27)25-8-9-28-19(12-25)17-11-15(20(22)26)14-6-3-4-7-16(14)23-17/h3-4,6-7,10-11,19H,2,5,8-9,12H2,1H3,(H2,22,26)/t19-/m0/s1. The summed E-state index contributed by atoms with van der Waals surface area (Å²) in [5.41, 5.74) is 7.47. The molecule has 8 heteroatoms. The average Bonchev–Trinajstić information content (AvgIpc) is 3.21. The van der Waals surface area contributed by atoms with Crippen molar-refractivity contribution in [1.82, 2.24) is 15.0 Å². The van der Waals surface area contributed by atoms with Crippen LogP contribution in [0.3, 0.4) is 0 Å². The molecule has 0 saturated carbocycles. The third-order valence-electron chi connectivity index (χ3n) is 4.96. The lowest BCUT2D eigenvalue weighted by atomic mass is 10.0. The number of benzene rings is 1. The topological polar surface area (TPSA) is 112 Å². The highest BCUT2D eigenvalue weighted by molar-refractivity contribution is 6.05. The first-order chi connectivity index (χ1) is 14.1. The second kappa shape index (κ2) is 8.00. The lowest BCUT2D eigenvalue weighted by Gasteiger charge is -2.32. The molecule has 1 aliphatic rings. The Labute approximate surface area is 167 Å². The van der Waals surface area contributed by atoms with Gasteiger partial charge in [0.2, 0.25) is 5.91 Å². The Kier molecular flexibility index (Phi) is 5.26. The number of aromatic nitrogens is 2. The van der Waals surface area contributed by atoms with Crippen LogP contribution >= 0.6 is 0 Å². The molecule has 2 aromatic heterocycles. The number of para-hydroxylation sites is 1. The molecular weight excluding hydrogens is 372 g/mol. The van der Waals surface area contributed by atoms with Crippen molar-refractivity contribution in [2.24, 2.45) is 5.73 Å². The molecule has 3 heterocycles. The fourth-order valence-electron chi connectivity index (χ4n) is 3.52. The van der Waals surface area contributed by atoms with Crippen molar-refractivity contribution in [2.75, 3.05) is 19.7 Å². The van der Waals surface area contributed by atoms with E-state index in [2.05, 4.69) is 10.1 Å². The van der Waals surface area contributed by atoms with E-state index in [1.54, 1.807) is 17.0 Å². The minimum absolute atomic E-state index is 0.208. The van der Waals surface area contributed by atoms with Crippen molar-refractivity contribution >= 4 is 22.7 Å². The summed E-state index contributed by atoms with van der Waals surface area (Å²) in [6, 6.07) is 10.6. The van der Waals surface area contributed by atoms with E-state index in [1.165, 1.54) is 0 Å². The number of carbonyl (C=O) groups excluding carboxylic acids is 2. The highest BCUT2D eigenvalue weighted by Gasteiger charge is 2.29. The van der Waals surface area contributed by atoms with E-state index in [-0.39, 0.29) is 5.91 Å². The van der Waals surface area contributed by atoms with E-state index >= 15 is 0 Å². The molecule has 1 fully saturated rings. The van der Waals surface area contributed by atoms with Crippen LogP contribution in [0, 0.1) is 0 Å². The number of fused-ring (bicyclic) bond motifs is 1. The highest BCUT2D eigenvalue weighted by atomic mass is 16.5. The van der Waals surface area contributed by atoms with Gasteiger partial charge >= 0.3 is 0 Å². The zero-order valence-corrected chi connectivity index (χ0v) is 16.1. The minimum atomic E-state index is -0.528. The second-order valence-electron chi connectivity index (χ2n) is 7.02. The summed E-state index contributed by atoms with van der Waals surface area (Å²) in [4.78, 5) is 31.1. The number of ether oxygens (including phenoxy) is 1. The molecule has 3 aromatic rings. The van der Waals surface area contributed by atoms with Crippen LogP contribution in [0.2, 0.25) is 0 Å². The summed E-state index contributed by atoms with van der Waals surface area (Å²) in [5.74, 6) is -0.0390. The van der Waals surface area contributed by atoms with Gasteiger partial charge in [0.25, 0.3) is 5.91 Å². The first kappa shape index (κ1) is 19.1. The minimum Gasteiger partial charge on any atom is -0.368 e. The highest BCUT2D eigenvalue weighted by Crippen LogP contribution is 2.26. The summed E-state index contributed by atoms with van der Waals surface area (Å²) in [7, 11) is 0. The molecule has 1 saturated heterocycles. The van der Waals surface area contributed by atoms with Crippen molar-refractivity contribution in [3.8, 4) is 0 Å². The first-order valence-electron chi connectivity index (χ1n) is 9.62. The van der Waals surface area contributed by atoms with Crippen LogP contribution in [-0.4, -0.2) is 46.6 Å². The largest absolute Gasteiger partial charge is 0.368 e.